The SMILES string of the molecule is Cc1nnc(SCc2csc(C(=O)O)n2)s1. The maximum Gasteiger partial charge on any atom is 0.365 e. The van der Waals surface area contributed by atoms with Crippen molar-refractivity contribution in [2.45, 2.75) is 17.0 Å². The van der Waals surface area contributed by atoms with E-state index < -0.39 is 5.97 Å². The van der Waals surface area contributed by atoms with E-state index in [1.54, 1.807) is 5.38 Å². The molecule has 0 saturated carbocycles. The third-order valence-corrected chi connectivity index (χ3v) is 4.47. The molecule has 2 rings (SSSR count). The molecule has 0 amide bonds. The molecule has 0 aliphatic rings. The largest absolute Gasteiger partial charge is 0.476 e. The number of hydrogen-bond acceptors (Lipinski definition) is 7. The predicted octanol–water partition coefficient (Wildman–Crippen LogP) is 2.29. The maximum atomic E-state index is 10.6. The molecule has 0 spiro atoms. The number of carboxylic acids is 1. The summed E-state index contributed by atoms with van der Waals surface area (Å²) < 4.78 is 0.877. The number of aryl methyl sites for hydroxylation is 1. The Morgan fingerprint density at radius 1 is 1.56 bits per heavy atom. The van der Waals surface area contributed by atoms with Crippen molar-refractivity contribution in [3.8, 4) is 0 Å². The summed E-state index contributed by atoms with van der Waals surface area (Å²) in [6, 6.07) is 0. The number of aromatic carboxylic acids is 1. The zero-order valence-corrected chi connectivity index (χ0v) is 10.7. The van der Waals surface area contributed by atoms with Gasteiger partial charge in [0.25, 0.3) is 0 Å². The third-order valence-electron chi connectivity index (χ3n) is 1.59. The monoisotopic (exact) mass is 273 g/mol. The fourth-order valence-electron chi connectivity index (χ4n) is 0.944. The van der Waals surface area contributed by atoms with Crippen LogP contribution < -0.4 is 0 Å². The Labute approximate surface area is 104 Å². The highest BCUT2D eigenvalue weighted by Gasteiger charge is 2.09. The standard InChI is InChI=1S/C8H7N3O2S3/c1-4-10-11-8(16-4)15-3-5-2-14-6(9-5)7(12)13/h2H,3H2,1H3,(H,12,13). The van der Waals surface area contributed by atoms with Crippen molar-refractivity contribution >= 4 is 40.4 Å². The Hall–Kier alpha value is -0.990. The molecule has 8 heteroatoms. The summed E-state index contributed by atoms with van der Waals surface area (Å²) in [5.41, 5.74) is 0.764. The van der Waals surface area contributed by atoms with E-state index in [4.69, 9.17) is 5.11 Å². The van der Waals surface area contributed by atoms with Crippen molar-refractivity contribution in [2.75, 3.05) is 0 Å². The van der Waals surface area contributed by atoms with Crippen LogP contribution in [-0.4, -0.2) is 26.3 Å². The molecule has 0 bridgehead atoms. The first-order valence-corrected chi connectivity index (χ1v) is 6.94. The molecule has 0 aliphatic heterocycles. The minimum absolute atomic E-state index is 0.129. The molecule has 2 aromatic heterocycles. The topological polar surface area (TPSA) is 76.0 Å². The molecular formula is C8H7N3O2S3. The number of rotatable bonds is 4. The van der Waals surface area contributed by atoms with Crippen LogP contribution in [-0.2, 0) is 5.75 Å². The van der Waals surface area contributed by atoms with Crippen LogP contribution in [0.15, 0.2) is 9.72 Å². The summed E-state index contributed by atoms with van der Waals surface area (Å²) in [5.74, 6) is -0.355. The van der Waals surface area contributed by atoms with E-state index in [-0.39, 0.29) is 5.01 Å². The smallest absolute Gasteiger partial charge is 0.365 e. The normalized spacial score (nSPS) is 10.6. The average Bonchev–Trinajstić information content (AvgIpc) is 2.83. The Morgan fingerprint density at radius 2 is 2.38 bits per heavy atom. The molecule has 5 nitrogen and oxygen atoms in total. The Morgan fingerprint density at radius 3 is 2.94 bits per heavy atom. The zero-order chi connectivity index (χ0) is 11.5. The van der Waals surface area contributed by atoms with Crippen molar-refractivity contribution < 1.29 is 9.90 Å². The van der Waals surface area contributed by atoms with Gasteiger partial charge in [0.05, 0.1) is 5.69 Å². The van der Waals surface area contributed by atoms with Gasteiger partial charge in [0.1, 0.15) is 5.01 Å². The molecule has 0 aliphatic carbocycles. The summed E-state index contributed by atoms with van der Waals surface area (Å²) in [6.07, 6.45) is 0. The van der Waals surface area contributed by atoms with Crippen molar-refractivity contribution in [1.29, 1.82) is 0 Å². The van der Waals surface area contributed by atoms with E-state index in [2.05, 4.69) is 15.2 Å². The summed E-state index contributed by atoms with van der Waals surface area (Å²) in [5, 5.41) is 19.4. The highest BCUT2D eigenvalue weighted by molar-refractivity contribution is 8.00. The number of aromatic nitrogens is 3. The molecule has 1 N–H and O–H groups in total. The van der Waals surface area contributed by atoms with E-state index in [0.717, 1.165) is 26.4 Å². The van der Waals surface area contributed by atoms with Crippen LogP contribution in [0.1, 0.15) is 20.5 Å². The maximum absolute atomic E-state index is 10.6. The van der Waals surface area contributed by atoms with Crippen LogP contribution in [0.4, 0.5) is 0 Å². The van der Waals surface area contributed by atoms with Crippen LogP contribution in [0.25, 0.3) is 0 Å². The number of thioether (sulfide) groups is 1. The summed E-state index contributed by atoms with van der Waals surface area (Å²) >= 11 is 4.18. The van der Waals surface area contributed by atoms with Gasteiger partial charge in [-0.2, -0.15) is 0 Å². The Kier molecular flexibility index (Phi) is 3.52. The second kappa shape index (κ2) is 4.89. The highest BCUT2D eigenvalue weighted by atomic mass is 32.2. The Bertz CT molecular complexity index is 508. The van der Waals surface area contributed by atoms with Crippen molar-refractivity contribution in [3.63, 3.8) is 0 Å². The van der Waals surface area contributed by atoms with Crippen molar-refractivity contribution in [1.82, 2.24) is 15.2 Å². The quantitative estimate of drug-likeness (QED) is 0.861. The second-order valence-electron chi connectivity index (χ2n) is 2.82. The minimum atomic E-state index is -0.979. The van der Waals surface area contributed by atoms with Gasteiger partial charge >= 0.3 is 5.97 Å². The van der Waals surface area contributed by atoms with Crippen LogP contribution in [0.5, 0.6) is 0 Å². The lowest BCUT2D eigenvalue weighted by Gasteiger charge is -1.91. The molecule has 2 heterocycles. The van der Waals surface area contributed by atoms with E-state index >= 15 is 0 Å². The lowest BCUT2D eigenvalue weighted by molar-refractivity contribution is 0.0696. The van der Waals surface area contributed by atoms with Gasteiger partial charge in [-0.3, -0.25) is 0 Å². The second-order valence-corrected chi connectivity index (χ2v) is 6.09. The number of carboxylic acid groups (broad SMARTS) is 1. The predicted molar refractivity (Wildman–Crippen MR) is 63.3 cm³/mol. The first-order valence-electron chi connectivity index (χ1n) is 4.26. The molecule has 2 aromatic rings. The lowest BCUT2D eigenvalue weighted by Crippen LogP contribution is -1.94. The summed E-state index contributed by atoms with van der Waals surface area (Å²) in [4.78, 5) is 14.6. The molecule has 0 saturated heterocycles. The van der Waals surface area contributed by atoms with E-state index in [0.29, 0.717) is 5.75 Å². The average molecular weight is 273 g/mol. The molecule has 0 fully saturated rings. The van der Waals surface area contributed by atoms with Crippen LogP contribution in [0.2, 0.25) is 0 Å². The fourth-order valence-corrected chi connectivity index (χ4v) is 3.41. The number of hydrogen-bond donors (Lipinski definition) is 1. The first-order chi connectivity index (χ1) is 7.65. The van der Waals surface area contributed by atoms with Gasteiger partial charge in [-0.05, 0) is 6.92 Å². The fraction of sp³-hybridized carbons (Fsp3) is 0.250. The molecule has 0 unspecified atom stereocenters. The van der Waals surface area contributed by atoms with Crippen molar-refractivity contribution in [2.24, 2.45) is 0 Å². The van der Waals surface area contributed by atoms with Gasteiger partial charge in [0, 0.05) is 11.1 Å². The molecule has 0 aromatic carbocycles. The van der Waals surface area contributed by atoms with E-state index in [1.807, 2.05) is 6.92 Å². The molecule has 84 valence electrons. The molecular weight excluding hydrogens is 266 g/mol. The number of thiazole rings is 1. The summed E-state index contributed by atoms with van der Waals surface area (Å²) in [7, 11) is 0. The van der Waals surface area contributed by atoms with Gasteiger partial charge in [-0.15, -0.1) is 21.5 Å². The van der Waals surface area contributed by atoms with Gasteiger partial charge in [0.15, 0.2) is 4.34 Å². The van der Waals surface area contributed by atoms with Crippen LogP contribution >= 0.6 is 34.4 Å². The molecule has 16 heavy (non-hydrogen) atoms. The third kappa shape index (κ3) is 2.77. The Balaban J connectivity index is 1.97. The zero-order valence-electron chi connectivity index (χ0n) is 8.21. The van der Waals surface area contributed by atoms with Crippen LogP contribution in [0.3, 0.4) is 0 Å². The highest BCUT2D eigenvalue weighted by Crippen LogP contribution is 2.26. The lowest BCUT2D eigenvalue weighted by atomic mass is 10.6. The van der Waals surface area contributed by atoms with Gasteiger partial charge < -0.3 is 5.11 Å². The van der Waals surface area contributed by atoms with Gasteiger partial charge in [0.2, 0.25) is 5.01 Å². The van der Waals surface area contributed by atoms with E-state index in [9.17, 15) is 4.79 Å². The molecule has 0 atom stereocenters. The van der Waals surface area contributed by atoms with Gasteiger partial charge in [-0.25, -0.2) is 9.78 Å². The van der Waals surface area contributed by atoms with E-state index in [1.165, 1.54) is 23.1 Å². The summed E-state index contributed by atoms with van der Waals surface area (Å²) in [6.45, 7) is 1.90. The number of carbonyl (C=O) groups is 1. The first kappa shape index (κ1) is 11.5. The minimum Gasteiger partial charge on any atom is -0.476 e. The van der Waals surface area contributed by atoms with Crippen LogP contribution in [0, 0.1) is 6.92 Å². The van der Waals surface area contributed by atoms with Gasteiger partial charge in [-0.1, -0.05) is 23.1 Å². The van der Waals surface area contributed by atoms with Crippen molar-refractivity contribution in [3.05, 3.63) is 21.1 Å². The number of nitrogens with zero attached hydrogens (tertiary/aromatic N) is 3. The molecule has 0 radical (unpaired) electrons.